The molecule has 1 amide bonds. The summed E-state index contributed by atoms with van der Waals surface area (Å²) in [4.78, 5) is 15.8. The van der Waals surface area contributed by atoms with E-state index in [1.807, 2.05) is 13.8 Å². The minimum absolute atomic E-state index is 0.122. The van der Waals surface area contributed by atoms with Crippen molar-refractivity contribution in [2.45, 2.75) is 32.2 Å². The van der Waals surface area contributed by atoms with Crippen LogP contribution in [0.1, 0.15) is 26.7 Å². The first-order valence-corrected chi connectivity index (χ1v) is 4.19. The first-order valence-electron chi connectivity index (χ1n) is 4.19. The Kier molecular flexibility index (Phi) is 2.69. The van der Waals surface area contributed by atoms with Gasteiger partial charge >= 0.3 is 0 Å². The van der Waals surface area contributed by atoms with Gasteiger partial charge in [-0.1, -0.05) is 0 Å². The molecule has 0 bridgehead atoms. The number of rotatable bonds is 4. The van der Waals surface area contributed by atoms with Crippen LogP contribution in [-0.4, -0.2) is 18.1 Å². The number of hydrogen-bond acceptors (Lipinski definition) is 3. The topological polar surface area (TPSA) is 64.3 Å². The third kappa shape index (κ3) is 2.79. The van der Waals surface area contributed by atoms with E-state index in [-0.39, 0.29) is 17.4 Å². The lowest BCUT2D eigenvalue weighted by Crippen LogP contribution is -2.48. The summed E-state index contributed by atoms with van der Waals surface area (Å²) < 4.78 is 0. The van der Waals surface area contributed by atoms with Crippen LogP contribution in [0.25, 0.3) is 0 Å². The highest BCUT2D eigenvalue weighted by Gasteiger charge is 2.32. The number of nitrogens with two attached hydrogens (primary N) is 1. The molecule has 0 aliphatic heterocycles. The molecule has 1 fully saturated rings. The van der Waals surface area contributed by atoms with Gasteiger partial charge in [-0.15, -0.1) is 0 Å². The Balaban J connectivity index is 2.31. The van der Waals surface area contributed by atoms with Crippen molar-refractivity contribution in [3.63, 3.8) is 0 Å². The highest BCUT2D eigenvalue weighted by atomic mass is 16.6. The van der Waals surface area contributed by atoms with Crippen molar-refractivity contribution in [3.8, 4) is 0 Å². The molecule has 1 rings (SSSR count). The Morgan fingerprint density at radius 2 is 2.25 bits per heavy atom. The lowest BCUT2D eigenvalue weighted by atomic mass is 10.1. The minimum Gasteiger partial charge on any atom is -0.349 e. The summed E-state index contributed by atoms with van der Waals surface area (Å²) in [5, 5.41) is 2.88. The van der Waals surface area contributed by atoms with E-state index in [1.54, 1.807) is 0 Å². The zero-order valence-corrected chi connectivity index (χ0v) is 7.59. The Morgan fingerprint density at radius 1 is 1.67 bits per heavy atom. The highest BCUT2D eigenvalue weighted by Crippen LogP contribution is 2.29. The smallest absolute Gasteiger partial charge is 0.223 e. The molecular formula is C8H16N2O2. The molecule has 0 aromatic carbocycles. The number of amides is 1. The number of carbonyl (C=O) groups is 1. The second kappa shape index (κ2) is 3.41. The summed E-state index contributed by atoms with van der Waals surface area (Å²) in [5.74, 6) is 5.29. The SMILES string of the molecule is CC(C)(CON)NC(=O)C1CC1. The Bertz CT molecular complexity index is 176. The predicted molar refractivity (Wildman–Crippen MR) is 45.1 cm³/mol. The van der Waals surface area contributed by atoms with Gasteiger partial charge in [0.05, 0.1) is 12.1 Å². The van der Waals surface area contributed by atoms with Crippen molar-refractivity contribution in [2.24, 2.45) is 11.8 Å². The molecule has 0 unspecified atom stereocenters. The van der Waals surface area contributed by atoms with E-state index < -0.39 is 0 Å². The molecule has 3 N–H and O–H groups in total. The van der Waals surface area contributed by atoms with E-state index in [2.05, 4.69) is 10.2 Å². The first-order chi connectivity index (χ1) is 5.55. The molecule has 0 aromatic rings. The molecule has 1 saturated carbocycles. The molecule has 1 aliphatic carbocycles. The van der Waals surface area contributed by atoms with Gasteiger partial charge in [0.15, 0.2) is 0 Å². The van der Waals surface area contributed by atoms with Crippen LogP contribution in [-0.2, 0) is 9.63 Å². The maximum absolute atomic E-state index is 11.3. The lowest BCUT2D eigenvalue weighted by Gasteiger charge is -2.24. The zero-order valence-electron chi connectivity index (χ0n) is 7.59. The summed E-state index contributed by atoms with van der Waals surface area (Å²) in [7, 11) is 0. The predicted octanol–water partition coefficient (Wildman–Crippen LogP) is 0.182. The average Bonchev–Trinajstić information content (AvgIpc) is 2.65. The molecule has 0 saturated heterocycles. The summed E-state index contributed by atoms with van der Waals surface area (Å²) in [6.07, 6.45) is 2.04. The standard InChI is InChI=1S/C8H16N2O2/c1-8(2,5-12-9)10-7(11)6-3-4-6/h6H,3-5,9H2,1-2H3,(H,10,11). The van der Waals surface area contributed by atoms with Gasteiger partial charge in [0.1, 0.15) is 0 Å². The van der Waals surface area contributed by atoms with Crippen LogP contribution in [0.3, 0.4) is 0 Å². The van der Waals surface area contributed by atoms with Gasteiger partial charge in [-0.05, 0) is 26.7 Å². The number of carbonyl (C=O) groups excluding carboxylic acids is 1. The van der Waals surface area contributed by atoms with E-state index in [0.717, 1.165) is 12.8 Å². The molecule has 0 spiro atoms. The van der Waals surface area contributed by atoms with Crippen LogP contribution in [0.2, 0.25) is 0 Å². The lowest BCUT2D eigenvalue weighted by molar-refractivity contribution is -0.124. The first kappa shape index (κ1) is 9.48. The van der Waals surface area contributed by atoms with E-state index in [0.29, 0.717) is 6.61 Å². The van der Waals surface area contributed by atoms with E-state index >= 15 is 0 Å². The number of nitrogens with one attached hydrogen (secondary N) is 1. The van der Waals surface area contributed by atoms with Gasteiger partial charge in [-0.25, -0.2) is 5.90 Å². The van der Waals surface area contributed by atoms with E-state index in [1.165, 1.54) is 0 Å². The van der Waals surface area contributed by atoms with E-state index in [4.69, 9.17) is 5.90 Å². The molecule has 0 aromatic heterocycles. The normalized spacial score (nSPS) is 17.6. The Hall–Kier alpha value is -0.610. The van der Waals surface area contributed by atoms with E-state index in [9.17, 15) is 4.79 Å². The van der Waals surface area contributed by atoms with Gasteiger partial charge in [0.25, 0.3) is 0 Å². The van der Waals surface area contributed by atoms with Gasteiger partial charge in [0, 0.05) is 5.92 Å². The molecule has 0 heterocycles. The van der Waals surface area contributed by atoms with Crippen LogP contribution in [0.4, 0.5) is 0 Å². The van der Waals surface area contributed by atoms with Crippen molar-refractivity contribution >= 4 is 5.91 Å². The Labute approximate surface area is 72.4 Å². The second-order valence-corrected chi connectivity index (χ2v) is 3.96. The van der Waals surface area contributed by atoms with Crippen LogP contribution >= 0.6 is 0 Å². The summed E-state index contributed by atoms with van der Waals surface area (Å²) in [5.41, 5.74) is -0.353. The van der Waals surface area contributed by atoms with Crippen molar-refractivity contribution in [2.75, 3.05) is 6.61 Å². The molecule has 70 valence electrons. The van der Waals surface area contributed by atoms with Crippen LogP contribution in [0.15, 0.2) is 0 Å². The largest absolute Gasteiger partial charge is 0.349 e. The molecule has 1 aliphatic rings. The summed E-state index contributed by atoms with van der Waals surface area (Å²) in [6, 6.07) is 0. The second-order valence-electron chi connectivity index (χ2n) is 3.96. The van der Waals surface area contributed by atoms with Crippen LogP contribution in [0.5, 0.6) is 0 Å². The Morgan fingerprint density at radius 3 is 2.67 bits per heavy atom. The molecule has 4 heteroatoms. The maximum Gasteiger partial charge on any atom is 0.223 e. The number of hydrogen-bond donors (Lipinski definition) is 2. The summed E-state index contributed by atoms with van der Waals surface area (Å²) in [6.45, 7) is 4.12. The fourth-order valence-electron chi connectivity index (χ4n) is 1.03. The van der Waals surface area contributed by atoms with Gasteiger partial charge < -0.3 is 10.2 Å². The van der Waals surface area contributed by atoms with Crippen molar-refractivity contribution in [1.29, 1.82) is 0 Å². The van der Waals surface area contributed by atoms with Crippen molar-refractivity contribution in [3.05, 3.63) is 0 Å². The quantitative estimate of drug-likeness (QED) is 0.595. The summed E-state index contributed by atoms with van der Waals surface area (Å²) >= 11 is 0. The fourth-order valence-corrected chi connectivity index (χ4v) is 1.03. The average molecular weight is 172 g/mol. The van der Waals surface area contributed by atoms with Gasteiger partial charge in [-0.2, -0.15) is 0 Å². The minimum atomic E-state index is -0.353. The van der Waals surface area contributed by atoms with Crippen molar-refractivity contribution < 1.29 is 9.63 Å². The van der Waals surface area contributed by atoms with Gasteiger partial charge in [0.2, 0.25) is 5.91 Å². The third-order valence-corrected chi connectivity index (χ3v) is 1.85. The molecule has 0 atom stereocenters. The molecule has 0 radical (unpaired) electrons. The fraction of sp³-hybridized carbons (Fsp3) is 0.875. The molecule has 4 nitrogen and oxygen atoms in total. The molecular weight excluding hydrogens is 156 g/mol. The zero-order chi connectivity index (χ0) is 9.19. The maximum atomic E-state index is 11.3. The van der Waals surface area contributed by atoms with Gasteiger partial charge in [-0.3, -0.25) is 4.79 Å². The van der Waals surface area contributed by atoms with Crippen molar-refractivity contribution in [1.82, 2.24) is 5.32 Å². The van der Waals surface area contributed by atoms with Crippen LogP contribution in [0, 0.1) is 5.92 Å². The molecule has 12 heavy (non-hydrogen) atoms. The van der Waals surface area contributed by atoms with Crippen LogP contribution < -0.4 is 11.2 Å². The highest BCUT2D eigenvalue weighted by molar-refractivity contribution is 5.81. The third-order valence-electron chi connectivity index (χ3n) is 1.85. The monoisotopic (exact) mass is 172 g/mol.